The largest absolute Gasteiger partial charge is 0.345 e. The van der Waals surface area contributed by atoms with E-state index in [4.69, 9.17) is 5.26 Å². The highest BCUT2D eigenvalue weighted by Gasteiger charge is 2.14. The van der Waals surface area contributed by atoms with E-state index in [2.05, 4.69) is 10.6 Å². The molecule has 2 N–H and O–H groups in total. The molecule has 2 amide bonds. The molecule has 2 unspecified atom stereocenters. The summed E-state index contributed by atoms with van der Waals surface area (Å²) in [6, 6.07) is 0.718. The second-order valence-electron chi connectivity index (χ2n) is 2.78. The van der Waals surface area contributed by atoms with Gasteiger partial charge in [0, 0.05) is 6.92 Å². The molecule has 0 aliphatic rings. The summed E-state index contributed by atoms with van der Waals surface area (Å²) in [4.78, 5) is 21.7. The van der Waals surface area contributed by atoms with Crippen LogP contribution in [-0.2, 0) is 9.59 Å². The Morgan fingerprint density at radius 2 is 1.85 bits per heavy atom. The van der Waals surface area contributed by atoms with Crippen LogP contribution in [0.4, 0.5) is 0 Å². The first-order chi connectivity index (χ1) is 5.97. The monoisotopic (exact) mass is 183 g/mol. The third-order valence-electron chi connectivity index (χ3n) is 1.37. The molecule has 0 saturated heterocycles. The first kappa shape index (κ1) is 11.4. The van der Waals surface area contributed by atoms with Gasteiger partial charge in [0.1, 0.15) is 12.1 Å². The zero-order chi connectivity index (χ0) is 10.4. The molecule has 0 aromatic heterocycles. The highest BCUT2D eigenvalue weighted by atomic mass is 16.2. The molecule has 72 valence electrons. The van der Waals surface area contributed by atoms with Gasteiger partial charge in [-0.3, -0.25) is 9.59 Å². The summed E-state index contributed by atoms with van der Waals surface area (Å²) in [7, 11) is 0. The third-order valence-corrected chi connectivity index (χ3v) is 1.37. The van der Waals surface area contributed by atoms with Crippen molar-refractivity contribution in [3.63, 3.8) is 0 Å². The van der Waals surface area contributed by atoms with E-state index < -0.39 is 12.1 Å². The van der Waals surface area contributed by atoms with E-state index in [1.165, 1.54) is 6.92 Å². The maximum Gasteiger partial charge on any atom is 0.243 e. The molecule has 5 nitrogen and oxygen atoms in total. The molecule has 0 aliphatic carbocycles. The van der Waals surface area contributed by atoms with E-state index >= 15 is 0 Å². The van der Waals surface area contributed by atoms with Gasteiger partial charge >= 0.3 is 0 Å². The third kappa shape index (κ3) is 4.80. The molecule has 0 heterocycles. The fourth-order valence-corrected chi connectivity index (χ4v) is 0.741. The Kier molecular flexibility index (Phi) is 4.52. The van der Waals surface area contributed by atoms with E-state index in [1.807, 2.05) is 6.07 Å². The van der Waals surface area contributed by atoms with Gasteiger partial charge in [-0.1, -0.05) is 0 Å². The SMILES string of the molecule is CC(=O)NC(C)C(=O)NC(C)C#N. The highest BCUT2D eigenvalue weighted by molar-refractivity contribution is 5.86. The van der Waals surface area contributed by atoms with Crippen molar-refractivity contribution in [2.45, 2.75) is 32.9 Å². The predicted molar refractivity (Wildman–Crippen MR) is 46.5 cm³/mol. The van der Waals surface area contributed by atoms with Crippen LogP contribution < -0.4 is 10.6 Å². The zero-order valence-electron chi connectivity index (χ0n) is 7.92. The topological polar surface area (TPSA) is 82.0 Å². The Morgan fingerprint density at radius 1 is 1.31 bits per heavy atom. The van der Waals surface area contributed by atoms with E-state index in [0.29, 0.717) is 0 Å². The predicted octanol–water partition coefficient (Wildman–Crippen LogP) is -0.461. The van der Waals surface area contributed by atoms with Gasteiger partial charge in [0.2, 0.25) is 11.8 Å². The summed E-state index contributed by atoms with van der Waals surface area (Å²) in [5.74, 6) is -0.628. The molecular weight excluding hydrogens is 170 g/mol. The van der Waals surface area contributed by atoms with Crippen LogP contribution in [0.15, 0.2) is 0 Å². The lowest BCUT2D eigenvalue weighted by atomic mass is 10.3. The van der Waals surface area contributed by atoms with Gasteiger partial charge in [0.25, 0.3) is 0 Å². The number of rotatable bonds is 3. The summed E-state index contributed by atoms with van der Waals surface area (Å²) in [6.45, 7) is 4.46. The van der Waals surface area contributed by atoms with Gasteiger partial charge in [-0.05, 0) is 13.8 Å². The normalized spacial score (nSPS) is 13.7. The van der Waals surface area contributed by atoms with Gasteiger partial charge in [-0.15, -0.1) is 0 Å². The molecule has 0 fully saturated rings. The molecule has 5 heteroatoms. The smallest absolute Gasteiger partial charge is 0.243 e. The Labute approximate surface area is 77.1 Å². The molecule has 0 rings (SSSR count). The summed E-state index contributed by atoms with van der Waals surface area (Å²) in [6.07, 6.45) is 0. The number of carbonyl (C=O) groups is 2. The van der Waals surface area contributed by atoms with E-state index in [9.17, 15) is 9.59 Å². The average molecular weight is 183 g/mol. The Hall–Kier alpha value is -1.57. The molecule has 0 saturated carbocycles. The minimum Gasteiger partial charge on any atom is -0.345 e. The first-order valence-corrected chi connectivity index (χ1v) is 3.94. The maximum absolute atomic E-state index is 11.2. The van der Waals surface area contributed by atoms with Crippen LogP contribution in [-0.4, -0.2) is 23.9 Å². The summed E-state index contributed by atoms with van der Waals surface area (Å²) < 4.78 is 0. The molecule has 0 radical (unpaired) electrons. The van der Waals surface area contributed by atoms with Crippen molar-refractivity contribution < 1.29 is 9.59 Å². The van der Waals surface area contributed by atoms with Crippen molar-refractivity contribution in [1.29, 1.82) is 5.26 Å². The molecule has 0 aromatic rings. The minimum absolute atomic E-state index is 0.271. The van der Waals surface area contributed by atoms with Crippen LogP contribution in [0, 0.1) is 11.3 Å². The van der Waals surface area contributed by atoms with E-state index in [0.717, 1.165) is 0 Å². The number of amides is 2. The lowest BCUT2D eigenvalue weighted by molar-refractivity contribution is -0.127. The molecule has 0 aromatic carbocycles. The van der Waals surface area contributed by atoms with Crippen molar-refractivity contribution in [2.24, 2.45) is 0 Å². The van der Waals surface area contributed by atoms with Crippen LogP contribution in [0.3, 0.4) is 0 Å². The standard InChI is InChI=1S/C8H13N3O2/c1-5(4-9)10-8(13)6(2)11-7(3)12/h5-6H,1-3H3,(H,10,13)(H,11,12). The van der Waals surface area contributed by atoms with Crippen molar-refractivity contribution in [3.8, 4) is 6.07 Å². The molecular formula is C8H13N3O2. The second kappa shape index (κ2) is 5.14. The molecule has 0 bridgehead atoms. The minimum atomic E-state index is -0.603. The van der Waals surface area contributed by atoms with Gasteiger partial charge in [-0.25, -0.2) is 0 Å². The molecule has 13 heavy (non-hydrogen) atoms. The van der Waals surface area contributed by atoms with Gasteiger partial charge in [0.05, 0.1) is 6.07 Å². The van der Waals surface area contributed by atoms with E-state index in [-0.39, 0.29) is 11.8 Å². The average Bonchev–Trinajstić information content (AvgIpc) is 2.02. The number of carbonyl (C=O) groups excluding carboxylic acids is 2. The lowest BCUT2D eigenvalue weighted by Gasteiger charge is -2.13. The summed E-state index contributed by atoms with van der Waals surface area (Å²) in [5, 5.41) is 13.2. The van der Waals surface area contributed by atoms with Gasteiger partial charge in [0.15, 0.2) is 0 Å². The molecule has 0 aliphatic heterocycles. The second-order valence-corrected chi connectivity index (χ2v) is 2.78. The molecule has 2 atom stereocenters. The van der Waals surface area contributed by atoms with Crippen molar-refractivity contribution in [3.05, 3.63) is 0 Å². The van der Waals surface area contributed by atoms with Crippen LogP contribution in [0.5, 0.6) is 0 Å². The van der Waals surface area contributed by atoms with Crippen molar-refractivity contribution in [2.75, 3.05) is 0 Å². The Bertz CT molecular complexity index is 244. The number of hydrogen-bond acceptors (Lipinski definition) is 3. The van der Waals surface area contributed by atoms with Gasteiger partial charge < -0.3 is 10.6 Å². The van der Waals surface area contributed by atoms with Crippen molar-refractivity contribution >= 4 is 11.8 Å². The summed E-state index contributed by atoms with van der Waals surface area (Å²) in [5.41, 5.74) is 0. The molecule has 0 spiro atoms. The van der Waals surface area contributed by atoms with Crippen molar-refractivity contribution in [1.82, 2.24) is 10.6 Å². The van der Waals surface area contributed by atoms with Crippen LogP contribution in [0.1, 0.15) is 20.8 Å². The van der Waals surface area contributed by atoms with Crippen LogP contribution in [0.2, 0.25) is 0 Å². The first-order valence-electron chi connectivity index (χ1n) is 3.94. The highest BCUT2D eigenvalue weighted by Crippen LogP contribution is 1.84. The Morgan fingerprint density at radius 3 is 2.23 bits per heavy atom. The lowest BCUT2D eigenvalue weighted by Crippen LogP contribution is -2.46. The Balaban J connectivity index is 3.98. The fourth-order valence-electron chi connectivity index (χ4n) is 0.741. The number of nitriles is 1. The quantitative estimate of drug-likeness (QED) is 0.621. The maximum atomic E-state index is 11.2. The van der Waals surface area contributed by atoms with Gasteiger partial charge in [-0.2, -0.15) is 5.26 Å². The number of nitrogens with one attached hydrogen (secondary N) is 2. The fraction of sp³-hybridized carbons (Fsp3) is 0.625. The van der Waals surface area contributed by atoms with Crippen LogP contribution >= 0.6 is 0 Å². The van der Waals surface area contributed by atoms with Crippen LogP contribution in [0.25, 0.3) is 0 Å². The number of hydrogen-bond donors (Lipinski definition) is 2. The zero-order valence-corrected chi connectivity index (χ0v) is 7.92. The number of nitrogens with zero attached hydrogens (tertiary/aromatic N) is 1. The van der Waals surface area contributed by atoms with E-state index in [1.54, 1.807) is 13.8 Å². The summed E-state index contributed by atoms with van der Waals surface area (Å²) >= 11 is 0.